The Kier molecular flexibility index (Phi) is 8.55. The maximum Gasteiger partial charge on any atom is 0.306 e. The third-order valence-corrected chi connectivity index (χ3v) is 5.54. The number of aliphatic hydroxyl groups is 7. The van der Waals surface area contributed by atoms with Crippen molar-refractivity contribution in [2.24, 2.45) is 0 Å². The molecule has 0 bridgehead atoms. The fraction of sp³-hybridized carbons (Fsp3) is 0.944. The monoisotopic (exact) mass is 440 g/mol. The summed E-state index contributed by atoms with van der Waals surface area (Å²) < 4.78 is 16.3. The lowest BCUT2D eigenvalue weighted by Gasteiger charge is -2.43. The highest BCUT2D eigenvalue weighted by Gasteiger charge is 2.46. The number of hydrogen-bond acceptors (Lipinski definition) is 11. The molecule has 0 aromatic rings. The average molecular weight is 440 g/mol. The van der Waals surface area contributed by atoms with E-state index in [9.17, 15) is 40.5 Å². The van der Waals surface area contributed by atoms with Crippen LogP contribution in [0.25, 0.3) is 0 Å². The van der Waals surface area contributed by atoms with Crippen LogP contribution in [0.1, 0.15) is 33.1 Å². The number of hydrogen-bond donors (Lipinski definition) is 8. The molecule has 0 aromatic heterocycles. The Balaban J connectivity index is 1.96. The van der Waals surface area contributed by atoms with Crippen LogP contribution in [0.2, 0.25) is 0 Å². The van der Waals surface area contributed by atoms with E-state index >= 15 is 0 Å². The van der Waals surface area contributed by atoms with Crippen molar-refractivity contribution in [1.29, 1.82) is 0 Å². The highest BCUT2D eigenvalue weighted by molar-refractivity contribution is 5.67. The smallest absolute Gasteiger partial charge is 0.306 e. The van der Waals surface area contributed by atoms with Gasteiger partial charge in [-0.15, -0.1) is 0 Å². The molecule has 30 heavy (non-hydrogen) atoms. The molecule has 1 unspecified atom stereocenters. The van der Waals surface area contributed by atoms with Crippen LogP contribution >= 0.6 is 0 Å². The lowest BCUT2D eigenvalue weighted by atomic mass is 9.88. The SMILES string of the molecule is C[C@@H]1O[C@@H](OC[C@H]2O[C@@H](CCC(C)(O)CC(=O)O)[C@H](O)[C@@H](O)[C@@H]2O)[C@H](O)[C@H](O)[C@H]1O. The Morgan fingerprint density at radius 3 is 2.07 bits per heavy atom. The molecular formula is C18H32O12. The van der Waals surface area contributed by atoms with Gasteiger partial charge in [-0.1, -0.05) is 0 Å². The third-order valence-electron chi connectivity index (χ3n) is 5.54. The van der Waals surface area contributed by atoms with E-state index in [0.717, 1.165) is 0 Å². The summed E-state index contributed by atoms with van der Waals surface area (Å²) in [5.74, 6) is -1.19. The number of aliphatic hydroxyl groups excluding tert-OH is 6. The molecule has 2 aliphatic rings. The van der Waals surface area contributed by atoms with E-state index < -0.39 is 79.2 Å². The Bertz CT molecular complexity index is 571. The van der Waals surface area contributed by atoms with E-state index in [1.807, 2.05) is 0 Å². The van der Waals surface area contributed by atoms with Gasteiger partial charge in [0.25, 0.3) is 0 Å². The van der Waals surface area contributed by atoms with Gasteiger partial charge in [0, 0.05) is 0 Å². The standard InChI is InChI=1S/C18H32O12/c1-7-11(21)14(24)16(26)17(29-7)28-6-9-13(23)15(25)12(22)8(30-9)3-4-18(2,27)5-10(19)20/h7-9,11-17,21-27H,3-6H2,1-2H3,(H,19,20)/t7-,8-,9+,11-,12-,13+,14+,15+,16+,17+,18?/m0/s1. The predicted molar refractivity (Wildman–Crippen MR) is 97.1 cm³/mol. The van der Waals surface area contributed by atoms with Crippen molar-refractivity contribution in [1.82, 2.24) is 0 Å². The van der Waals surface area contributed by atoms with Gasteiger partial charge in [0.05, 0.1) is 30.8 Å². The Labute approximate surface area is 173 Å². The molecule has 0 aliphatic carbocycles. The summed E-state index contributed by atoms with van der Waals surface area (Å²) in [5, 5.41) is 78.9. The van der Waals surface area contributed by atoms with Gasteiger partial charge in [-0.3, -0.25) is 4.79 Å². The van der Waals surface area contributed by atoms with E-state index in [4.69, 9.17) is 19.3 Å². The zero-order valence-corrected chi connectivity index (χ0v) is 16.8. The summed E-state index contributed by atoms with van der Waals surface area (Å²) >= 11 is 0. The number of aliphatic carboxylic acids is 1. The van der Waals surface area contributed by atoms with Gasteiger partial charge in [0.15, 0.2) is 6.29 Å². The van der Waals surface area contributed by atoms with Crippen molar-refractivity contribution < 1.29 is 59.9 Å². The second-order valence-electron chi connectivity index (χ2n) is 8.31. The van der Waals surface area contributed by atoms with Crippen molar-refractivity contribution in [3.05, 3.63) is 0 Å². The van der Waals surface area contributed by atoms with Crippen LogP contribution in [0.5, 0.6) is 0 Å². The fourth-order valence-corrected chi connectivity index (χ4v) is 3.61. The number of carboxylic acids is 1. The molecule has 0 spiro atoms. The molecule has 2 aliphatic heterocycles. The van der Waals surface area contributed by atoms with Crippen molar-refractivity contribution in [2.75, 3.05) is 6.61 Å². The zero-order valence-electron chi connectivity index (χ0n) is 16.8. The summed E-state index contributed by atoms with van der Waals surface area (Å²) in [4.78, 5) is 10.8. The number of carboxylic acid groups (broad SMARTS) is 1. The van der Waals surface area contributed by atoms with Gasteiger partial charge < -0.3 is 55.1 Å². The summed E-state index contributed by atoms with van der Waals surface area (Å²) in [6.45, 7) is 2.41. The number of ether oxygens (including phenoxy) is 3. The normalized spacial score (nSPS) is 44.4. The minimum atomic E-state index is -1.59. The summed E-state index contributed by atoms with van der Waals surface area (Å²) in [6, 6.07) is 0. The van der Waals surface area contributed by atoms with Crippen molar-refractivity contribution in [3.8, 4) is 0 Å². The molecule has 2 rings (SSSR count). The van der Waals surface area contributed by atoms with Gasteiger partial charge in [-0.05, 0) is 26.7 Å². The molecule has 0 saturated carbocycles. The number of rotatable bonds is 8. The molecule has 11 atom stereocenters. The Morgan fingerprint density at radius 1 is 0.900 bits per heavy atom. The van der Waals surface area contributed by atoms with E-state index in [1.54, 1.807) is 0 Å². The molecule has 2 fully saturated rings. The highest BCUT2D eigenvalue weighted by atomic mass is 16.7. The van der Waals surface area contributed by atoms with E-state index in [1.165, 1.54) is 13.8 Å². The summed E-state index contributed by atoms with van der Waals surface area (Å²) in [7, 11) is 0. The van der Waals surface area contributed by atoms with Crippen molar-refractivity contribution in [2.45, 2.75) is 99.9 Å². The van der Waals surface area contributed by atoms with E-state index in [-0.39, 0.29) is 19.4 Å². The predicted octanol–water partition coefficient (Wildman–Crippen LogP) is -3.31. The molecule has 176 valence electrons. The maximum atomic E-state index is 10.8. The molecule has 12 heteroatoms. The molecule has 2 saturated heterocycles. The van der Waals surface area contributed by atoms with Gasteiger partial charge in [-0.2, -0.15) is 0 Å². The van der Waals surface area contributed by atoms with Crippen LogP contribution in [-0.4, -0.2) is 120 Å². The first-order valence-corrected chi connectivity index (χ1v) is 9.79. The second-order valence-corrected chi connectivity index (χ2v) is 8.31. The van der Waals surface area contributed by atoms with Crippen LogP contribution in [0.15, 0.2) is 0 Å². The van der Waals surface area contributed by atoms with E-state index in [0.29, 0.717) is 0 Å². The average Bonchev–Trinajstić information content (AvgIpc) is 2.65. The van der Waals surface area contributed by atoms with Crippen LogP contribution in [0.4, 0.5) is 0 Å². The van der Waals surface area contributed by atoms with Gasteiger partial charge >= 0.3 is 5.97 Å². The number of carbonyl (C=O) groups is 1. The maximum absolute atomic E-state index is 10.8. The Morgan fingerprint density at radius 2 is 1.47 bits per heavy atom. The summed E-state index contributed by atoms with van der Waals surface area (Å²) in [5.41, 5.74) is -1.56. The van der Waals surface area contributed by atoms with Crippen LogP contribution in [-0.2, 0) is 19.0 Å². The molecule has 0 aromatic carbocycles. The fourth-order valence-electron chi connectivity index (χ4n) is 3.61. The van der Waals surface area contributed by atoms with Crippen molar-refractivity contribution >= 4 is 5.97 Å². The first-order valence-electron chi connectivity index (χ1n) is 9.79. The third kappa shape index (κ3) is 6.07. The Hall–Kier alpha value is -0.930. The van der Waals surface area contributed by atoms with Crippen LogP contribution in [0, 0.1) is 0 Å². The second kappa shape index (κ2) is 10.1. The van der Waals surface area contributed by atoms with Gasteiger partial charge in [0.1, 0.15) is 42.7 Å². The van der Waals surface area contributed by atoms with Gasteiger partial charge in [-0.25, -0.2) is 0 Å². The minimum absolute atomic E-state index is 0.00772. The van der Waals surface area contributed by atoms with Crippen molar-refractivity contribution in [3.63, 3.8) is 0 Å². The minimum Gasteiger partial charge on any atom is -0.481 e. The van der Waals surface area contributed by atoms with Crippen LogP contribution < -0.4 is 0 Å². The van der Waals surface area contributed by atoms with E-state index in [2.05, 4.69) is 0 Å². The molecule has 0 amide bonds. The molecule has 0 radical (unpaired) electrons. The highest BCUT2D eigenvalue weighted by Crippen LogP contribution is 2.29. The first kappa shape index (κ1) is 25.3. The largest absolute Gasteiger partial charge is 0.481 e. The van der Waals surface area contributed by atoms with Crippen LogP contribution in [0.3, 0.4) is 0 Å². The van der Waals surface area contributed by atoms with Gasteiger partial charge in [0.2, 0.25) is 0 Å². The molecule has 2 heterocycles. The molecule has 8 N–H and O–H groups in total. The lowest BCUT2D eigenvalue weighted by Crippen LogP contribution is -2.60. The molecule has 12 nitrogen and oxygen atoms in total. The zero-order chi connectivity index (χ0) is 22.8. The lowest BCUT2D eigenvalue weighted by molar-refractivity contribution is -0.308. The molecular weight excluding hydrogens is 408 g/mol. The quantitative estimate of drug-likeness (QED) is 0.187. The topological polar surface area (TPSA) is 207 Å². The summed E-state index contributed by atoms with van der Waals surface area (Å²) in [6.07, 6.45) is -13.9. The first-order chi connectivity index (χ1) is 13.8.